The zero-order chi connectivity index (χ0) is 18.8. The topological polar surface area (TPSA) is 94.7 Å². The van der Waals surface area contributed by atoms with Crippen molar-refractivity contribution in [3.8, 4) is 0 Å². The minimum Gasteiger partial charge on any atom is -0.345 e. The Morgan fingerprint density at radius 2 is 2.00 bits per heavy atom. The number of carbonyl (C=O) groups excluding carboxylic acids is 2. The van der Waals surface area contributed by atoms with Crippen LogP contribution in [0.3, 0.4) is 0 Å². The third-order valence-corrected chi connectivity index (χ3v) is 5.11. The Hall–Kier alpha value is -2.51. The van der Waals surface area contributed by atoms with Gasteiger partial charge in [0.2, 0.25) is 5.91 Å². The highest BCUT2D eigenvalue weighted by atomic mass is 16.2. The van der Waals surface area contributed by atoms with E-state index in [-0.39, 0.29) is 24.3 Å². The number of aromatic nitrogens is 5. The van der Waals surface area contributed by atoms with Gasteiger partial charge in [0, 0.05) is 11.7 Å². The monoisotopic (exact) mass is 358 g/mol. The van der Waals surface area contributed by atoms with Crippen LogP contribution in [0.4, 0.5) is 0 Å². The summed E-state index contributed by atoms with van der Waals surface area (Å²) in [5.41, 5.74) is 1.95. The molecule has 1 fully saturated rings. The highest BCUT2D eigenvalue weighted by Gasteiger charge is 2.24. The van der Waals surface area contributed by atoms with Crippen molar-refractivity contribution in [3.05, 3.63) is 29.1 Å². The fraction of sp³-hybridized carbons (Fsp3) is 0.611. The van der Waals surface area contributed by atoms with Crippen molar-refractivity contribution in [2.45, 2.75) is 72.0 Å². The summed E-state index contributed by atoms with van der Waals surface area (Å²) in [6.07, 6.45) is 6.46. The van der Waals surface area contributed by atoms with E-state index in [2.05, 4.69) is 25.2 Å². The molecule has 1 N–H and O–H groups in total. The van der Waals surface area contributed by atoms with Crippen LogP contribution in [0.15, 0.2) is 6.33 Å². The number of nitrogens with zero attached hydrogens (tertiary/aromatic N) is 5. The molecule has 1 amide bonds. The maximum absolute atomic E-state index is 12.5. The van der Waals surface area contributed by atoms with Crippen LogP contribution in [0.25, 0.3) is 0 Å². The molecule has 8 nitrogen and oxygen atoms in total. The maximum Gasteiger partial charge on any atom is 0.242 e. The molecule has 1 saturated carbocycles. The molecular weight excluding hydrogens is 332 g/mol. The first-order chi connectivity index (χ1) is 12.4. The molecule has 2 aromatic heterocycles. The van der Waals surface area contributed by atoms with Crippen molar-refractivity contribution < 1.29 is 9.59 Å². The van der Waals surface area contributed by atoms with Gasteiger partial charge in [-0.15, -0.1) is 10.2 Å². The molecule has 0 aliphatic heterocycles. The van der Waals surface area contributed by atoms with Crippen LogP contribution in [-0.2, 0) is 11.3 Å². The largest absolute Gasteiger partial charge is 0.345 e. The smallest absolute Gasteiger partial charge is 0.242 e. The zero-order valence-electron chi connectivity index (χ0n) is 15.8. The van der Waals surface area contributed by atoms with E-state index in [1.54, 1.807) is 17.9 Å². The van der Waals surface area contributed by atoms with Crippen LogP contribution >= 0.6 is 0 Å². The van der Waals surface area contributed by atoms with E-state index in [4.69, 9.17) is 0 Å². The average Bonchev–Trinajstić information content (AvgIpc) is 3.28. The van der Waals surface area contributed by atoms with Crippen molar-refractivity contribution in [1.29, 1.82) is 0 Å². The van der Waals surface area contributed by atoms with E-state index in [0.717, 1.165) is 18.7 Å². The van der Waals surface area contributed by atoms with Crippen LogP contribution < -0.4 is 5.32 Å². The first-order valence-electron chi connectivity index (χ1n) is 9.12. The molecule has 1 aliphatic carbocycles. The fourth-order valence-corrected chi connectivity index (χ4v) is 3.87. The van der Waals surface area contributed by atoms with Gasteiger partial charge in [-0.05, 0) is 40.5 Å². The number of ketones is 1. The summed E-state index contributed by atoms with van der Waals surface area (Å²) in [4.78, 5) is 24.2. The average molecular weight is 358 g/mol. The molecule has 2 aromatic rings. The van der Waals surface area contributed by atoms with Crippen LogP contribution in [0, 0.1) is 13.8 Å². The summed E-state index contributed by atoms with van der Waals surface area (Å²) < 4.78 is 3.67. The van der Waals surface area contributed by atoms with Gasteiger partial charge in [0.15, 0.2) is 11.6 Å². The molecule has 0 spiro atoms. The molecule has 0 saturated heterocycles. The maximum atomic E-state index is 12.5. The molecule has 0 bridgehead atoms. The first kappa shape index (κ1) is 18.3. The minimum absolute atomic E-state index is 0.0373. The highest BCUT2D eigenvalue weighted by molar-refractivity contribution is 5.96. The molecule has 1 aliphatic rings. The number of Topliss-reactive ketones (excluding diaryl/α,β-unsaturated/α-hetero) is 1. The Labute approximate surface area is 153 Å². The highest BCUT2D eigenvalue weighted by Crippen LogP contribution is 2.31. The Bertz CT molecular complexity index is 816. The van der Waals surface area contributed by atoms with Gasteiger partial charge in [-0.3, -0.25) is 14.3 Å². The number of carbonyl (C=O) groups is 2. The predicted octanol–water partition coefficient (Wildman–Crippen LogP) is 2.29. The summed E-state index contributed by atoms with van der Waals surface area (Å²) in [5, 5.41) is 15.5. The van der Waals surface area contributed by atoms with Crippen LogP contribution in [0.1, 0.15) is 79.2 Å². The molecule has 140 valence electrons. The number of amides is 1. The van der Waals surface area contributed by atoms with Crippen molar-refractivity contribution >= 4 is 11.7 Å². The van der Waals surface area contributed by atoms with E-state index in [1.807, 2.05) is 13.8 Å². The summed E-state index contributed by atoms with van der Waals surface area (Å²) in [6, 6.07) is 0.184. The predicted molar refractivity (Wildman–Crippen MR) is 95.8 cm³/mol. The molecule has 0 aromatic carbocycles. The second kappa shape index (κ2) is 7.39. The summed E-state index contributed by atoms with van der Waals surface area (Å²) in [5.74, 6) is 0.576. The van der Waals surface area contributed by atoms with Gasteiger partial charge in [-0.25, -0.2) is 0 Å². The van der Waals surface area contributed by atoms with E-state index in [1.165, 1.54) is 19.8 Å². The molecule has 1 atom stereocenters. The lowest BCUT2D eigenvalue weighted by Gasteiger charge is -2.18. The van der Waals surface area contributed by atoms with Crippen LogP contribution in [-0.4, -0.2) is 36.2 Å². The summed E-state index contributed by atoms with van der Waals surface area (Å²) in [7, 11) is 0. The van der Waals surface area contributed by atoms with Crippen molar-refractivity contribution in [1.82, 2.24) is 29.9 Å². The van der Waals surface area contributed by atoms with E-state index in [9.17, 15) is 9.59 Å². The SMILES string of the molecule is CC(=O)c1c(C)nn(CC(=O)NC(C)c2nncn2C2CCCC2)c1C. The van der Waals surface area contributed by atoms with Gasteiger partial charge in [-0.1, -0.05) is 12.8 Å². The van der Waals surface area contributed by atoms with Gasteiger partial charge >= 0.3 is 0 Å². The lowest BCUT2D eigenvalue weighted by molar-refractivity contribution is -0.122. The molecule has 2 heterocycles. The Kier molecular flexibility index (Phi) is 5.20. The van der Waals surface area contributed by atoms with E-state index >= 15 is 0 Å². The van der Waals surface area contributed by atoms with Crippen molar-refractivity contribution in [2.24, 2.45) is 0 Å². The van der Waals surface area contributed by atoms with Crippen LogP contribution in [0.5, 0.6) is 0 Å². The second-order valence-corrected chi connectivity index (χ2v) is 7.08. The molecule has 3 rings (SSSR count). The molecule has 26 heavy (non-hydrogen) atoms. The van der Waals surface area contributed by atoms with Crippen LogP contribution in [0.2, 0.25) is 0 Å². The lowest BCUT2D eigenvalue weighted by atomic mass is 10.1. The number of hydrogen-bond donors (Lipinski definition) is 1. The quantitative estimate of drug-likeness (QED) is 0.800. The molecule has 0 radical (unpaired) electrons. The van der Waals surface area contributed by atoms with Crippen molar-refractivity contribution in [2.75, 3.05) is 0 Å². The van der Waals surface area contributed by atoms with E-state index in [0.29, 0.717) is 23.0 Å². The minimum atomic E-state index is -0.241. The van der Waals surface area contributed by atoms with Crippen molar-refractivity contribution in [3.63, 3.8) is 0 Å². The third kappa shape index (κ3) is 3.54. The third-order valence-electron chi connectivity index (χ3n) is 5.11. The molecular formula is C18H26N6O2. The Morgan fingerprint density at radius 3 is 2.62 bits per heavy atom. The first-order valence-corrected chi connectivity index (χ1v) is 9.12. The normalized spacial score (nSPS) is 16.0. The summed E-state index contributed by atoms with van der Waals surface area (Å²) in [6.45, 7) is 7.09. The van der Waals surface area contributed by atoms with Gasteiger partial charge < -0.3 is 9.88 Å². The number of nitrogens with one attached hydrogen (secondary N) is 1. The number of hydrogen-bond acceptors (Lipinski definition) is 5. The van der Waals surface area contributed by atoms with E-state index < -0.39 is 0 Å². The second-order valence-electron chi connectivity index (χ2n) is 7.08. The standard InChI is InChI=1S/C18H26N6O2/c1-11-17(14(4)25)13(3)24(22-11)9-16(26)20-12(2)18-21-19-10-23(18)15-7-5-6-8-15/h10,12,15H,5-9H2,1-4H3,(H,20,26). The Balaban J connectivity index is 1.68. The number of aryl methyl sites for hydroxylation is 1. The fourth-order valence-electron chi connectivity index (χ4n) is 3.87. The van der Waals surface area contributed by atoms with Gasteiger partial charge in [0.25, 0.3) is 0 Å². The zero-order valence-corrected chi connectivity index (χ0v) is 15.8. The molecule has 1 unspecified atom stereocenters. The summed E-state index contributed by atoms with van der Waals surface area (Å²) >= 11 is 0. The number of rotatable bonds is 6. The lowest BCUT2D eigenvalue weighted by Crippen LogP contribution is -2.32. The molecule has 8 heteroatoms. The van der Waals surface area contributed by atoms with Gasteiger partial charge in [-0.2, -0.15) is 5.10 Å². The van der Waals surface area contributed by atoms with Gasteiger partial charge in [0.05, 0.1) is 17.3 Å². The Morgan fingerprint density at radius 1 is 1.31 bits per heavy atom. The van der Waals surface area contributed by atoms with Gasteiger partial charge in [0.1, 0.15) is 12.9 Å².